The number of carbonyl (C=O) groups excluding carboxylic acids is 1. The van der Waals surface area contributed by atoms with Gasteiger partial charge in [-0.05, 0) is 22.3 Å². The molecule has 128 valence electrons. The minimum atomic E-state index is 0. The summed E-state index contributed by atoms with van der Waals surface area (Å²) in [7, 11) is 1.66. The Morgan fingerprint density at radius 3 is 2.12 bits per heavy atom. The van der Waals surface area contributed by atoms with Crippen LogP contribution in [0.2, 0.25) is 0 Å². The smallest absolute Gasteiger partial charge is 0.237 e. The molecule has 5 heteroatoms. The fourth-order valence-corrected chi connectivity index (χ4v) is 2.97. The predicted molar refractivity (Wildman–Crippen MR) is 98.1 cm³/mol. The number of nitrogens with zero attached hydrogens (tertiary/aromatic N) is 1. The van der Waals surface area contributed by atoms with Crippen LogP contribution in [0.25, 0.3) is 11.1 Å². The van der Waals surface area contributed by atoms with Gasteiger partial charge in [0.05, 0.1) is 13.2 Å². The highest BCUT2D eigenvalue weighted by molar-refractivity contribution is 5.85. The maximum absolute atomic E-state index is 12.6. The van der Waals surface area contributed by atoms with E-state index in [2.05, 4.69) is 41.7 Å². The molecule has 0 spiro atoms. The molecule has 3 rings (SSSR count). The molecule has 4 nitrogen and oxygen atoms in total. The number of nitrogens with one attached hydrogen (secondary N) is 1. The van der Waals surface area contributed by atoms with E-state index in [0.29, 0.717) is 32.8 Å². The van der Waals surface area contributed by atoms with Gasteiger partial charge in [0.2, 0.25) is 5.91 Å². The molecule has 0 bridgehead atoms. The fraction of sp³-hybridized carbons (Fsp3) is 0.316. The number of fused-ring (bicyclic) bond motifs is 3. The Morgan fingerprint density at radius 1 is 1.04 bits per heavy atom. The van der Waals surface area contributed by atoms with E-state index in [1.807, 2.05) is 17.0 Å². The van der Waals surface area contributed by atoms with E-state index in [4.69, 9.17) is 4.74 Å². The van der Waals surface area contributed by atoms with Crippen molar-refractivity contribution in [2.45, 2.75) is 13.1 Å². The van der Waals surface area contributed by atoms with Gasteiger partial charge in [0.25, 0.3) is 0 Å². The molecule has 0 saturated carbocycles. The lowest BCUT2D eigenvalue weighted by Crippen LogP contribution is -2.38. The molecule has 0 radical (unpaired) electrons. The van der Waals surface area contributed by atoms with Crippen LogP contribution in [-0.4, -0.2) is 37.6 Å². The monoisotopic (exact) mass is 346 g/mol. The minimum absolute atomic E-state index is 0. The van der Waals surface area contributed by atoms with Crippen molar-refractivity contribution < 1.29 is 9.53 Å². The molecular weight excluding hydrogens is 324 g/mol. The SMILES string of the molecule is COCCNCC(=O)N1Cc2ccccc2-c2ccccc2C1.Cl. The van der Waals surface area contributed by atoms with E-state index < -0.39 is 0 Å². The topological polar surface area (TPSA) is 41.6 Å². The highest BCUT2D eigenvalue weighted by Gasteiger charge is 2.21. The van der Waals surface area contributed by atoms with E-state index in [0.717, 1.165) is 0 Å². The molecule has 1 aliphatic heterocycles. The van der Waals surface area contributed by atoms with Gasteiger partial charge < -0.3 is 15.0 Å². The van der Waals surface area contributed by atoms with E-state index in [-0.39, 0.29) is 18.3 Å². The molecule has 24 heavy (non-hydrogen) atoms. The third-order valence-electron chi connectivity index (χ3n) is 4.16. The molecule has 1 N–H and O–H groups in total. The second-order valence-corrected chi connectivity index (χ2v) is 5.73. The maximum atomic E-state index is 12.6. The first-order chi connectivity index (χ1) is 11.3. The summed E-state index contributed by atoms with van der Waals surface area (Å²) in [6.07, 6.45) is 0. The molecule has 2 aromatic rings. The Kier molecular flexibility index (Phi) is 6.79. The van der Waals surface area contributed by atoms with Crippen molar-refractivity contribution in [1.29, 1.82) is 0 Å². The van der Waals surface area contributed by atoms with E-state index in [1.165, 1.54) is 22.3 Å². The molecular formula is C19H23ClN2O2. The van der Waals surface area contributed by atoms with Crippen molar-refractivity contribution in [3.05, 3.63) is 59.7 Å². The molecule has 2 aromatic carbocycles. The second-order valence-electron chi connectivity index (χ2n) is 5.73. The highest BCUT2D eigenvalue weighted by Crippen LogP contribution is 2.32. The first-order valence-electron chi connectivity index (χ1n) is 7.93. The fourth-order valence-electron chi connectivity index (χ4n) is 2.97. The van der Waals surface area contributed by atoms with E-state index in [1.54, 1.807) is 7.11 Å². The first-order valence-corrected chi connectivity index (χ1v) is 7.93. The number of hydrogen-bond donors (Lipinski definition) is 1. The zero-order valence-corrected chi connectivity index (χ0v) is 14.6. The van der Waals surface area contributed by atoms with Gasteiger partial charge in [-0.2, -0.15) is 0 Å². The number of rotatable bonds is 5. The Balaban J connectivity index is 0.00000208. The number of hydrogen-bond acceptors (Lipinski definition) is 3. The Labute approximate surface area is 149 Å². The molecule has 0 atom stereocenters. The average Bonchev–Trinajstić information content (AvgIpc) is 2.75. The Hall–Kier alpha value is -1.88. The van der Waals surface area contributed by atoms with Crippen LogP contribution < -0.4 is 5.32 Å². The standard InChI is InChI=1S/C19H22N2O2.ClH/c1-23-11-10-20-12-19(22)21-13-15-6-2-4-8-17(15)18-9-5-3-7-16(18)14-21;/h2-9,20H,10-14H2,1H3;1H. The summed E-state index contributed by atoms with van der Waals surface area (Å²) >= 11 is 0. The molecule has 1 aliphatic rings. The highest BCUT2D eigenvalue weighted by atomic mass is 35.5. The van der Waals surface area contributed by atoms with Gasteiger partial charge in [-0.1, -0.05) is 48.5 Å². The molecule has 0 aliphatic carbocycles. The zero-order valence-electron chi connectivity index (χ0n) is 13.8. The number of amides is 1. The third kappa shape index (κ3) is 4.15. The van der Waals surface area contributed by atoms with Crippen molar-refractivity contribution in [1.82, 2.24) is 10.2 Å². The number of benzene rings is 2. The van der Waals surface area contributed by atoms with Crippen LogP contribution in [0.5, 0.6) is 0 Å². The first kappa shape index (κ1) is 18.5. The molecule has 1 heterocycles. The van der Waals surface area contributed by atoms with Crippen molar-refractivity contribution in [3.63, 3.8) is 0 Å². The maximum Gasteiger partial charge on any atom is 0.237 e. The summed E-state index contributed by atoms with van der Waals surface area (Å²) in [5.41, 5.74) is 4.85. The normalized spacial score (nSPS) is 12.6. The van der Waals surface area contributed by atoms with Crippen molar-refractivity contribution in [2.75, 3.05) is 26.8 Å². The Bertz CT molecular complexity index is 643. The van der Waals surface area contributed by atoms with Crippen LogP contribution in [0.1, 0.15) is 11.1 Å². The van der Waals surface area contributed by atoms with Gasteiger partial charge in [-0.15, -0.1) is 12.4 Å². The molecule has 0 fully saturated rings. The molecule has 0 aromatic heterocycles. The largest absolute Gasteiger partial charge is 0.383 e. The number of ether oxygens (including phenoxy) is 1. The minimum Gasteiger partial charge on any atom is -0.383 e. The van der Waals surface area contributed by atoms with Gasteiger partial charge in [0.1, 0.15) is 0 Å². The zero-order chi connectivity index (χ0) is 16.1. The van der Waals surface area contributed by atoms with Crippen LogP contribution in [0.4, 0.5) is 0 Å². The average molecular weight is 347 g/mol. The second kappa shape index (κ2) is 8.83. The van der Waals surface area contributed by atoms with Crippen LogP contribution in [0.3, 0.4) is 0 Å². The van der Waals surface area contributed by atoms with Gasteiger partial charge >= 0.3 is 0 Å². The quantitative estimate of drug-likeness (QED) is 0.846. The van der Waals surface area contributed by atoms with Crippen LogP contribution >= 0.6 is 12.4 Å². The summed E-state index contributed by atoms with van der Waals surface area (Å²) in [4.78, 5) is 14.5. The molecule has 0 saturated heterocycles. The lowest BCUT2D eigenvalue weighted by molar-refractivity contribution is -0.131. The van der Waals surface area contributed by atoms with Crippen molar-refractivity contribution >= 4 is 18.3 Å². The number of methoxy groups -OCH3 is 1. The van der Waals surface area contributed by atoms with Crippen molar-refractivity contribution in [2.24, 2.45) is 0 Å². The Morgan fingerprint density at radius 2 is 1.58 bits per heavy atom. The summed E-state index contributed by atoms with van der Waals surface area (Å²) in [6, 6.07) is 16.7. The van der Waals surface area contributed by atoms with Gasteiger partial charge in [0.15, 0.2) is 0 Å². The van der Waals surface area contributed by atoms with Gasteiger partial charge in [0, 0.05) is 26.7 Å². The van der Waals surface area contributed by atoms with Crippen LogP contribution in [0.15, 0.2) is 48.5 Å². The summed E-state index contributed by atoms with van der Waals surface area (Å²) in [6.45, 7) is 2.93. The number of halogens is 1. The third-order valence-corrected chi connectivity index (χ3v) is 4.16. The lowest BCUT2D eigenvalue weighted by atomic mass is 9.97. The molecule has 1 amide bonds. The van der Waals surface area contributed by atoms with E-state index in [9.17, 15) is 4.79 Å². The van der Waals surface area contributed by atoms with Crippen molar-refractivity contribution in [3.8, 4) is 11.1 Å². The van der Waals surface area contributed by atoms with Crippen LogP contribution in [-0.2, 0) is 22.6 Å². The predicted octanol–water partition coefficient (Wildman–Crippen LogP) is 2.85. The molecule has 0 unspecified atom stereocenters. The van der Waals surface area contributed by atoms with Gasteiger partial charge in [-0.3, -0.25) is 4.79 Å². The number of carbonyl (C=O) groups is 1. The summed E-state index contributed by atoms with van der Waals surface area (Å²) < 4.78 is 4.99. The lowest BCUT2D eigenvalue weighted by Gasteiger charge is -2.21. The van der Waals surface area contributed by atoms with Crippen LogP contribution in [0, 0.1) is 0 Å². The van der Waals surface area contributed by atoms with Gasteiger partial charge in [-0.25, -0.2) is 0 Å². The summed E-state index contributed by atoms with van der Waals surface area (Å²) in [5, 5.41) is 3.14. The van der Waals surface area contributed by atoms with E-state index >= 15 is 0 Å². The summed E-state index contributed by atoms with van der Waals surface area (Å²) in [5.74, 6) is 0.118.